The molecule has 1 aliphatic rings. The van der Waals surface area contributed by atoms with Gasteiger partial charge in [-0.3, -0.25) is 14.0 Å². The summed E-state index contributed by atoms with van der Waals surface area (Å²) < 4.78 is 31.8. The van der Waals surface area contributed by atoms with Gasteiger partial charge < -0.3 is 10.1 Å². The lowest BCUT2D eigenvalue weighted by atomic mass is 10.1. The first-order chi connectivity index (χ1) is 15.7. The van der Waals surface area contributed by atoms with Gasteiger partial charge in [0.15, 0.2) is 0 Å². The summed E-state index contributed by atoms with van der Waals surface area (Å²) in [7, 11) is -2.25. The minimum absolute atomic E-state index is 0.333. The molecule has 3 rings (SSSR count). The fourth-order valence-electron chi connectivity index (χ4n) is 4.30. The maximum absolute atomic E-state index is 13.0. The third-order valence-electron chi connectivity index (χ3n) is 5.97. The van der Waals surface area contributed by atoms with Crippen LogP contribution in [0.15, 0.2) is 42.5 Å². The van der Waals surface area contributed by atoms with E-state index >= 15 is 0 Å². The maximum atomic E-state index is 13.0. The lowest BCUT2D eigenvalue weighted by Gasteiger charge is -2.29. The zero-order valence-electron chi connectivity index (χ0n) is 20.0. The number of ether oxygens (including phenoxy) is 1. The molecule has 1 fully saturated rings. The summed E-state index contributed by atoms with van der Waals surface area (Å²) in [4.78, 5) is 15.5. The highest BCUT2D eigenvalue weighted by Crippen LogP contribution is 2.32. The van der Waals surface area contributed by atoms with Crippen LogP contribution in [-0.4, -0.2) is 51.7 Å². The van der Waals surface area contributed by atoms with E-state index in [1.54, 1.807) is 19.1 Å². The van der Waals surface area contributed by atoms with Crippen LogP contribution in [0.4, 0.5) is 5.69 Å². The van der Waals surface area contributed by atoms with Crippen LogP contribution >= 0.6 is 0 Å². The monoisotopic (exact) mass is 473 g/mol. The topological polar surface area (TPSA) is 79.0 Å². The first-order valence-electron chi connectivity index (χ1n) is 11.4. The zero-order valence-corrected chi connectivity index (χ0v) is 20.8. The number of carbonyl (C=O) groups excluding carboxylic acids is 1. The summed E-state index contributed by atoms with van der Waals surface area (Å²) in [5, 5.41) is 2.90. The first-order valence-corrected chi connectivity index (χ1v) is 13.3. The molecule has 2 aromatic carbocycles. The van der Waals surface area contributed by atoms with E-state index in [1.807, 2.05) is 25.1 Å². The molecule has 180 valence electrons. The van der Waals surface area contributed by atoms with Gasteiger partial charge in [0.1, 0.15) is 11.8 Å². The highest BCUT2D eigenvalue weighted by molar-refractivity contribution is 7.92. The third-order valence-corrected chi connectivity index (χ3v) is 7.20. The largest absolute Gasteiger partial charge is 0.495 e. The van der Waals surface area contributed by atoms with Crippen molar-refractivity contribution in [2.75, 3.05) is 30.8 Å². The molecular formula is C25H35N3O4S. The normalized spacial score (nSPS) is 15.6. The number of hydrogen-bond acceptors (Lipinski definition) is 5. The smallest absolute Gasteiger partial charge is 0.243 e. The number of anilines is 1. The van der Waals surface area contributed by atoms with Crippen molar-refractivity contribution in [1.82, 2.24) is 10.2 Å². The highest BCUT2D eigenvalue weighted by atomic mass is 32.2. The van der Waals surface area contributed by atoms with Crippen molar-refractivity contribution in [2.24, 2.45) is 0 Å². The van der Waals surface area contributed by atoms with Crippen LogP contribution in [0.5, 0.6) is 5.75 Å². The van der Waals surface area contributed by atoms with Crippen LogP contribution in [0.2, 0.25) is 0 Å². The SMILES string of the molecule is COc1ccc(C)cc1N(C(C)C(=O)NCc1cccc(CN2CCCCC2)c1)S(C)(=O)=O. The predicted molar refractivity (Wildman–Crippen MR) is 132 cm³/mol. The van der Waals surface area contributed by atoms with Crippen molar-refractivity contribution >= 4 is 21.6 Å². The van der Waals surface area contributed by atoms with E-state index in [4.69, 9.17) is 4.74 Å². The van der Waals surface area contributed by atoms with Crippen molar-refractivity contribution in [3.8, 4) is 5.75 Å². The van der Waals surface area contributed by atoms with Crippen molar-refractivity contribution in [3.05, 3.63) is 59.2 Å². The molecule has 33 heavy (non-hydrogen) atoms. The van der Waals surface area contributed by atoms with Crippen molar-refractivity contribution in [2.45, 2.75) is 52.2 Å². The van der Waals surface area contributed by atoms with Crippen molar-refractivity contribution in [3.63, 3.8) is 0 Å². The number of amides is 1. The van der Waals surface area contributed by atoms with Crippen LogP contribution in [0.25, 0.3) is 0 Å². The molecule has 2 aromatic rings. The number of methoxy groups -OCH3 is 1. The van der Waals surface area contributed by atoms with E-state index in [2.05, 4.69) is 22.3 Å². The average molecular weight is 474 g/mol. The molecule has 7 nitrogen and oxygen atoms in total. The van der Waals surface area contributed by atoms with Gasteiger partial charge in [-0.15, -0.1) is 0 Å². The van der Waals surface area contributed by atoms with E-state index in [0.717, 1.165) is 41.3 Å². The van der Waals surface area contributed by atoms with Gasteiger partial charge in [0.05, 0.1) is 19.1 Å². The average Bonchev–Trinajstić information content (AvgIpc) is 2.78. The van der Waals surface area contributed by atoms with Gasteiger partial charge in [0.2, 0.25) is 15.9 Å². The van der Waals surface area contributed by atoms with E-state index in [0.29, 0.717) is 18.0 Å². The van der Waals surface area contributed by atoms with Gasteiger partial charge >= 0.3 is 0 Å². The van der Waals surface area contributed by atoms with Crippen LogP contribution < -0.4 is 14.4 Å². The maximum Gasteiger partial charge on any atom is 0.243 e. The van der Waals surface area contributed by atoms with Crippen LogP contribution in [0.1, 0.15) is 42.9 Å². The Morgan fingerprint density at radius 3 is 2.48 bits per heavy atom. The molecule has 1 N–H and O–H groups in total. The molecule has 0 bridgehead atoms. The molecule has 1 atom stereocenters. The van der Waals surface area contributed by atoms with E-state index in [1.165, 1.54) is 31.9 Å². The Kier molecular flexibility index (Phi) is 8.37. The van der Waals surface area contributed by atoms with Gasteiger partial charge in [-0.2, -0.15) is 0 Å². The summed E-state index contributed by atoms with van der Waals surface area (Å²) in [6.07, 6.45) is 4.90. The number of aryl methyl sites for hydroxylation is 1. The molecule has 8 heteroatoms. The molecule has 0 aliphatic carbocycles. The first kappa shape index (κ1) is 25.1. The van der Waals surface area contributed by atoms with Gasteiger partial charge in [0.25, 0.3) is 0 Å². The van der Waals surface area contributed by atoms with Crippen LogP contribution in [-0.2, 0) is 27.9 Å². The predicted octanol–water partition coefficient (Wildman–Crippen LogP) is 3.46. The second-order valence-electron chi connectivity index (χ2n) is 8.78. The number of hydrogen-bond donors (Lipinski definition) is 1. The molecule has 1 aliphatic heterocycles. The number of carbonyl (C=O) groups is 1. The number of sulfonamides is 1. The van der Waals surface area contributed by atoms with Gasteiger partial charge in [-0.1, -0.05) is 36.8 Å². The lowest BCUT2D eigenvalue weighted by molar-refractivity contribution is -0.122. The highest BCUT2D eigenvalue weighted by Gasteiger charge is 2.31. The Morgan fingerprint density at radius 1 is 1.12 bits per heavy atom. The van der Waals surface area contributed by atoms with Gasteiger partial charge in [-0.05, 0) is 68.6 Å². The molecule has 0 saturated carbocycles. The van der Waals surface area contributed by atoms with Crippen LogP contribution in [0, 0.1) is 6.92 Å². The number of benzene rings is 2. The Labute approximate surface area is 197 Å². The summed E-state index contributed by atoms with van der Waals surface area (Å²) in [6, 6.07) is 12.5. The summed E-state index contributed by atoms with van der Waals surface area (Å²) >= 11 is 0. The van der Waals surface area contributed by atoms with Crippen LogP contribution in [0.3, 0.4) is 0 Å². The van der Waals surface area contributed by atoms with Crippen molar-refractivity contribution < 1.29 is 17.9 Å². The third kappa shape index (κ3) is 6.71. The number of likely N-dealkylation sites (tertiary alicyclic amines) is 1. The molecule has 1 heterocycles. The lowest BCUT2D eigenvalue weighted by Crippen LogP contribution is -2.47. The van der Waals surface area contributed by atoms with Gasteiger partial charge in [0, 0.05) is 13.1 Å². The fraction of sp³-hybridized carbons (Fsp3) is 0.480. The van der Waals surface area contributed by atoms with E-state index in [-0.39, 0.29) is 5.91 Å². The van der Waals surface area contributed by atoms with Gasteiger partial charge in [-0.25, -0.2) is 8.42 Å². The molecule has 1 unspecified atom stereocenters. The quantitative estimate of drug-likeness (QED) is 0.603. The molecule has 1 saturated heterocycles. The molecule has 0 aromatic heterocycles. The summed E-state index contributed by atoms with van der Waals surface area (Å²) in [5.74, 6) is 0.0292. The molecule has 0 spiro atoms. The molecule has 1 amide bonds. The molecular weight excluding hydrogens is 438 g/mol. The van der Waals surface area contributed by atoms with E-state index < -0.39 is 16.1 Å². The second-order valence-corrected chi connectivity index (χ2v) is 10.6. The molecule has 0 radical (unpaired) electrons. The number of piperidine rings is 1. The Morgan fingerprint density at radius 2 is 1.82 bits per heavy atom. The standard InChI is InChI=1S/C25H35N3O4S/c1-19-11-12-24(32-3)23(15-19)28(33(4,30)31)20(2)25(29)26-17-21-9-8-10-22(16-21)18-27-13-6-5-7-14-27/h8-12,15-16,20H,5-7,13-14,17-18H2,1-4H3,(H,26,29). The number of nitrogens with one attached hydrogen (secondary N) is 1. The minimum atomic E-state index is -3.73. The Hall–Kier alpha value is -2.58. The zero-order chi connectivity index (χ0) is 24.0. The fourth-order valence-corrected chi connectivity index (χ4v) is 5.47. The minimum Gasteiger partial charge on any atom is -0.495 e. The number of rotatable bonds is 9. The Bertz CT molecular complexity index is 1070. The number of nitrogens with zero attached hydrogens (tertiary/aromatic N) is 2. The van der Waals surface area contributed by atoms with Crippen molar-refractivity contribution in [1.29, 1.82) is 0 Å². The Balaban J connectivity index is 1.71. The summed E-state index contributed by atoms with van der Waals surface area (Å²) in [5.41, 5.74) is 3.44. The second kappa shape index (κ2) is 11.0. The van der Waals surface area contributed by atoms with E-state index in [9.17, 15) is 13.2 Å². The summed E-state index contributed by atoms with van der Waals surface area (Å²) in [6.45, 7) is 6.95.